The van der Waals surface area contributed by atoms with Crippen LogP contribution in [0.5, 0.6) is 0 Å². The molecule has 3 aromatic rings. The van der Waals surface area contributed by atoms with Crippen molar-refractivity contribution < 1.29 is 4.42 Å². The lowest BCUT2D eigenvalue weighted by Gasteiger charge is -2.36. The summed E-state index contributed by atoms with van der Waals surface area (Å²) in [6, 6.07) is 6.61. The van der Waals surface area contributed by atoms with E-state index < -0.39 is 0 Å². The van der Waals surface area contributed by atoms with Gasteiger partial charge < -0.3 is 4.42 Å². The lowest BCUT2D eigenvalue weighted by Crippen LogP contribution is -2.48. The van der Waals surface area contributed by atoms with Gasteiger partial charge in [0, 0.05) is 61.8 Å². The van der Waals surface area contributed by atoms with Crippen LogP contribution in [0.3, 0.4) is 0 Å². The molecular weight excluding hydrogens is 496 g/mol. The third-order valence-corrected chi connectivity index (χ3v) is 7.72. The molecule has 0 amide bonds. The van der Waals surface area contributed by atoms with Crippen molar-refractivity contribution in [3.05, 3.63) is 113 Å². The summed E-state index contributed by atoms with van der Waals surface area (Å²) in [4.78, 5) is 14.5. The second-order valence-electron chi connectivity index (χ2n) is 10.8. The van der Waals surface area contributed by atoms with Gasteiger partial charge in [0.2, 0.25) is 5.89 Å². The van der Waals surface area contributed by atoms with Crippen molar-refractivity contribution in [3.63, 3.8) is 0 Å². The monoisotopic (exact) mass is 532 g/mol. The molecule has 4 heterocycles. The van der Waals surface area contributed by atoms with Gasteiger partial charge in [0.1, 0.15) is 12.0 Å². The third kappa shape index (κ3) is 5.76. The number of aromatic nitrogens is 4. The summed E-state index contributed by atoms with van der Waals surface area (Å²) in [5, 5.41) is 7.53. The number of rotatable bonds is 6. The van der Waals surface area contributed by atoms with Crippen LogP contribution in [0, 0.1) is 6.92 Å². The second-order valence-corrected chi connectivity index (χ2v) is 10.8. The Kier molecular flexibility index (Phi) is 7.58. The minimum atomic E-state index is 0.604. The van der Waals surface area contributed by atoms with Gasteiger partial charge in [-0.15, -0.1) is 0 Å². The van der Waals surface area contributed by atoms with Crippen molar-refractivity contribution in [3.8, 4) is 11.4 Å². The lowest BCUT2D eigenvalue weighted by molar-refractivity contribution is 0.103. The van der Waals surface area contributed by atoms with E-state index in [0.29, 0.717) is 11.9 Å². The summed E-state index contributed by atoms with van der Waals surface area (Å²) in [5.74, 6) is 0.683. The van der Waals surface area contributed by atoms with E-state index in [2.05, 4.69) is 87.4 Å². The Hall–Kier alpha value is -4.07. The lowest BCUT2D eigenvalue weighted by atomic mass is 9.96. The molecule has 0 radical (unpaired) electrons. The smallest absolute Gasteiger partial charge is 0.225 e. The highest BCUT2D eigenvalue weighted by Gasteiger charge is 2.20. The van der Waals surface area contributed by atoms with Gasteiger partial charge in [-0.3, -0.25) is 19.9 Å². The first-order valence-corrected chi connectivity index (χ1v) is 14.1. The van der Waals surface area contributed by atoms with Gasteiger partial charge in [-0.25, -0.2) is 4.98 Å². The molecule has 1 aliphatic heterocycles. The van der Waals surface area contributed by atoms with Gasteiger partial charge >= 0.3 is 0 Å². The first-order chi connectivity index (χ1) is 19.5. The van der Waals surface area contributed by atoms with Crippen LogP contribution in [0.15, 0.2) is 94.8 Å². The zero-order chi connectivity index (χ0) is 27.5. The number of H-pyrrole nitrogens is 1. The highest BCUT2D eigenvalue weighted by molar-refractivity contribution is 5.85. The highest BCUT2D eigenvalue weighted by Crippen LogP contribution is 2.31. The Labute approximate surface area is 236 Å². The summed E-state index contributed by atoms with van der Waals surface area (Å²) in [6.07, 6.45) is 21.9. The maximum atomic E-state index is 5.97. The Morgan fingerprint density at radius 1 is 0.950 bits per heavy atom. The van der Waals surface area contributed by atoms with E-state index >= 15 is 0 Å². The number of aromatic amines is 1. The number of piperazine rings is 1. The molecule has 1 fully saturated rings. The summed E-state index contributed by atoms with van der Waals surface area (Å²) >= 11 is 0. The molecule has 7 nitrogen and oxygen atoms in total. The molecule has 0 bridgehead atoms. The van der Waals surface area contributed by atoms with Crippen molar-refractivity contribution in [1.29, 1.82) is 0 Å². The Bertz CT molecular complexity index is 1550. The fraction of sp³-hybridized carbons (Fsp3) is 0.303. The molecule has 0 spiro atoms. The molecular formula is C33H36N6O. The molecule has 3 aromatic heterocycles. The number of nitrogens with zero attached hydrogens (tertiary/aromatic N) is 5. The number of hydrogen-bond acceptors (Lipinski definition) is 6. The molecule has 7 heteroatoms. The van der Waals surface area contributed by atoms with Crippen LogP contribution in [0.1, 0.15) is 43.1 Å². The normalized spacial score (nSPS) is 21.3. The van der Waals surface area contributed by atoms with Crippen LogP contribution >= 0.6 is 0 Å². The maximum Gasteiger partial charge on any atom is 0.225 e. The molecule has 6 rings (SSSR count). The molecule has 0 saturated carbocycles. The molecule has 1 N–H and O–H groups in total. The topological polar surface area (TPSA) is 74.1 Å². The van der Waals surface area contributed by atoms with E-state index in [1.807, 2.05) is 37.6 Å². The number of aryl methyl sites for hydroxylation is 1. The predicted octanol–water partition coefficient (Wildman–Crippen LogP) is 6.14. The van der Waals surface area contributed by atoms with E-state index in [9.17, 15) is 0 Å². The first kappa shape index (κ1) is 26.2. The molecule has 3 aliphatic rings. The van der Waals surface area contributed by atoms with Crippen LogP contribution < -0.4 is 0 Å². The number of hydrogen-bond donors (Lipinski definition) is 1. The van der Waals surface area contributed by atoms with Crippen LogP contribution in [-0.2, 0) is 6.54 Å². The summed E-state index contributed by atoms with van der Waals surface area (Å²) in [5.41, 5.74) is 9.09. The van der Waals surface area contributed by atoms with E-state index in [0.717, 1.165) is 84.2 Å². The van der Waals surface area contributed by atoms with Gasteiger partial charge in [0.25, 0.3) is 0 Å². The minimum absolute atomic E-state index is 0.604. The predicted molar refractivity (Wildman–Crippen MR) is 160 cm³/mol. The first-order valence-electron chi connectivity index (χ1n) is 14.1. The van der Waals surface area contributed by atoms with Crippen LogP contribution in [0.2, 0.25) is 0 Å². The number of fused-ring (bicyclic) bond motifs is 1. The van der Waals surface area contributed by atoms with Crippen LogP contribution in [0.25, 0.3) is 22.5 Å². The van der Waals surface area contributed by atoms with E-state index in [4.69, 9.17) is 9.40 Å². The molecule has 1 saturated heterocycles. The zero-order valence-electron chi connectivity index (χ0n) is 23.5. The summed E-state index contributed by atoms with van der Waals surface area (Å²) in [6.45, 7) is 11.7. The highest BCUT2D eigenvalue weighted by atomic mass is 16.3. The maximum absolute atomic E-state index is 5.97. The molecule has 0 unspecified atom stereocenters. The van der Waals surface area contributed by atoms with E-state index in [1.165, 1.54) is 5.57 Å². The van der Waals surface area contributed by atoms with Crippen molar-refractivity contribution in [1.82, 2.24) is 30.0 Å². The van der Waals surface area contributed by atoms with E-state index in [-0.39, 0.29) is 0 Å². The van der Waals surface area contributed by atoms with Gasteiger partial charge in [-0.2, -0.15) is 5.10 Å². The van der Waals surface area contributed by atoms with Gasteiger partial charge in [-0.1, -0.05) is 48.6 Å². The number of nitrogens with one attached hydrogen (secondary N) is 1. The number of pyridine rings is 1. The van der Waals surface area contributed by atoms with Gasteiger partial charge in [0.05, 0.1) is 11.4 Å². The number of allylic oxidation sites excluding steroid dienone is 12. The fourth-order valence-corrected chi connectivity index (χ4v) is 5.43. The molecule has 2 aliphatic carbocycles. The molecule has 0 aromatic carbocycles. The summed E-state index contributed by atoms with van der Waals surface area (Å²) in [7, 11) is 0. The quantitative estimate of drug-likeness (QED) is 0.411. The van der Waals surface area contributed by atoms with Crippen LogP contribution in [-0.4, -0.2) is 62.2 Å². The fourth-order valence-electron chi connectivity index (χ4n) is 5.43. The van der Waals surface area contributed by atoms with Crippen molar-refractivity contribution in [2.45, 2.75) is 39.8 Å². The SMILES string of the molecule is Cc1cccc(-c2n[nH]cc2C2=C\C=C\C3=CC(c4nc(CN5CCN(C(C)C)CC5)co4)=CCC=C3/C=C\2)n1. The van der Waals surface area contributed by atoms with Crippen molar-refractivity contribution >= 4 is 11.1 Å². The second kappa shape index (κ2) is 11.6. The number of oxazole rings is 1. The molecule has 0 atom stereocenters. The minimum Gasteiger partial charge on any atom is -0.444 e. The van der Waals surface area contributed by atoms with Crippen molar-refractivity contribution in [2.24, 2.45) is 0 Å². The largest absolute Gasteiger partial charge is 0.444 e. The van der Waals surface area contributed by atoms with Gasteiger partial charge in [-0.05, 0) is 62.1 Å². The standard InChI is InChI=1S/C33H36N6O/c1-23(2)39-17-15-38(16-18-39)21-29-22-40-33(36-29)28-11-5-8-25-13-14-26(9-6-10-27(25)19-28)30-20-34-37-32(30)31-12-4-7-24(3)35-31/h4,6-14,19-20,22-23H,5,15-18,21H2,1-3H3,(H,34,37)/b10-6+,14-13-,26-9-. The zero-order valence-corrected chi connectivity index (χ0v) is 23.5. The molecule has 40 heavy (non-hydrogen) atoms. The average Bonchev–Trinajstić information content (AvgIpc) is 3.57. The van der Waals surface area contributed by atoms with Crippen LogP contribution in [0.4, 0.5) is 0 Å². The summed E-state index contributed by atoms with van der Waals surface area (Å²) < 4.78 is 5.97. The van der Waals surface area contributed by atoms with E-state index in [1.54, 1.807) is 0 Å². The Balaban J connectivity index is 1.18. The Morgan fingerprint density at radius 3 is 2.60 bits per heavy atom. The third-order valence-electron chi connectivity index (χ3n) is 7.72. The van der Waals surface area contributed by atoms with Crippen molar-refractivity contribution in [2.75, 3.05) is 26.2 Å². The van der Waals surface area contributed by atoms with Gasteiger partial charge in [0.15, 0.2) is 0 Å². The Morgan fingerprint density at radius 2 is 1.77 bits per heavy atom. The molecule has 204 valence electrons. The average molecular weight is 533 g/mol.